The fourth-order valence-electron chi connectivity index (χ4n) is 1.71. The first kappa shape index (κ1) is 18.0. The lowest BCUT2D eigenvalue weighted by molar-refractivity contribution is -0.139. The van der Waals surface area contributed by atoms with Crippen LogP contribution in [0.2, 0.25) is 5.02 Å². The van der Waals surface area contributed by atoms with Crippen molar-refractivity contribution < 1.29 is 19.4 Å². The molecule has 0 radical (unpaired) electrons. The molecule has 24 heavy (non-hydrogen) atoms. The largest absolute Gasteiger partial charge is 0.480 e. The van der Waals surface area contributed by atoms with Gasteiger partial charge in [0.05, 0.1) is 11.2 Å². The predicted octanol–water partition coefficient (Wildman–Crippen LogP) is 3.33. The predicted molar refractivity (Wildman–Crippen MR) is 93.8 cm³/mol. The van der Waals surface area contributed by atoms with Crippen LogP contribution in [-0.4, -0.2) is 29.8 Å². The number of nitrogens with one attached hydrogen (secondary N) is 1. The van der Waals surface area contributed by atoms with Crippen molar-refractivity contribution in [3.8, 4) is 5.75 Å². The number of carbonyl (C=O) groups excluding carboxylic acids is 1. The number of aliphatic carboxylic acids is 1. The topological polar surface area (TPSA) is 88.0 Å². The van der Waals surface area contributed by atoms with E-state index in [4.69, 9.17) is 21.4 Å². The van der Waals surface area contributed by atoms with E-state index in [1.54, 1.807) is 30.3 Å². The van der Waals surface area contributed by atoms with Gasteiger partial charge in [0.25, 0.3) is 5.91 Å². The van der Waals surface area contributed by atoms with E-state index in [0.717, 1.165) is 4.47 Å². The van der Waals surface area contributed by atoms with Gasteiger partial charge in [-0.1, -0.05) is 33.6 Å². The molecule has 0 spiro atoms. The Morgan fingerprint density at radius 1 is 1.29 bits per heavy atom. The van der Waals surface area contributed by atoms with E-state index in [1.807, 2.05) is 6.07 Å². The van der Waals surface area contributed by atoms with Crippen molar-refractivity contribution in [2.24, 2.45) is 5.10 Å². The highest BCUT2D eigenvalue weighted by atomic mass is 79.9. The summed E-state index contributed by atoms with van der Waals surface area (Å²) in [6.45, 7) is -0.476. The van der Waals surface area contributed by atoms with Crippen LogP contribution in [0.25, 0.3) is 0 Å². The molecule has 2 aromatic carbocycles. The normalized spacial score (nSPS) is 10.6. The summed E-state index contributed by atoms with van der Waals surface area (Å²) >= 11 is 9.29. The smallest absolute Gasteiger partial charge is 0.341 e. The maximum Gasteiger partial charge on any atom is 0.341 e. The van der Waals surface area contributed by atoms with Crippen LogP contribution in [0.15, 0.2) is 52.0 Å². The van der Waals surface area contributed by atoms with E-state index in [-0.39, 0.29) is 16.7 Å². The van der Waals surface area contributed by atoms with Crippen molar-refractivity contribution in [2.75, 3.05) is 6.61 Å². The van der Waals surface area contributed by atoms with Gasteiger partial charge in [-0.3, -0.25) is 4.79 Å². The van der Waals surface area contributed by atoms with Crippen LogP contribution in [0.1, 0.15) is 15.9 Å². The molecule has 2 N–H and O–H groups in total. The van der Waals surface area contributed by atoms with Gasteiger partial charge in [0, 0.05) is 10.0 Å². The highest BCUT2D eigenvalue weighted by molar-refractivity contribution is 9.10. The van der Waals surface area contributed by atoms with E-state index >= 15 is 0 Å². The summed E-state index contributed by atoms with van der Waals surface area (Å²) in [6.07, 6.45) is 1.42. The minimum atomic E-state index is -1.09. The molecule has 8 heteroatoms. The number of carboxylic acid groups (broad SMARTS) is 1. The molecule has 2 rings (SSSR count). The van der Waals surface area contributed by atoms with E-state index < -0.39 is 12.6 Å². The summed E-state index contributed by atoms with van der Waals surface area (Å²) in [4.78, 5) is 22.4. The molecule has 2 aromatic rings. The zero-order valence-electron chi connectivity index (χ0n) is 12.2. The van der Waals surface area contributed by atoms with Crippen molar-refractivity contribution in [1.82, 2.24) is 5.43 Å². The van der Waals surface area contributed by atoms with Crippen molar-refractivity contribution in [3.63, 3.8) is 0 Å². The minimum absolute atomic E-state index is 0.249. The Kier molecular flexibility index (Phi) is 6.34. The Bertz CT molecular complexity index is 795. The van der Waals surface area contributed by atoms with Crippen molar-refractivity contribution in [3.05, 3.63) is 63.1 Å². The molecule has 0 aromatic heterocycles. The molecular weight excluding hydrogens is 400 g/mol. The standard InChI is InChI=1S/C16H12BrClN2O4/c17-12-3-1-2-11(7-12)16(23)20-19-8-10-4-5-14(13(18)6-10)24-9-15(21)22/h1-8H,9H2,(H,20,23)(H,21,22)/b19-8-. The molecule has 0 atom stereocenters. The number of carbonyl (C=O) groups is 2. The number of halogens is 2. The lowest BCUT2D eigenvalue weighted by Gasteiger charge is -2.06. The molecule has 0 heterocycles. The monoisotopic (exact) mass is 410 g/mol. The van der Waals surface area contributed by atoms with Crippen LogP contribution < -0.4 is 10.2 Å². The van der Waals surface area contributed by atoms with Gasteiger partial charge >= 0.3 is 5.97 Å². The van der Waals surface area contributed by atoms with Gasteiger partial charge < -0.3 is 9.84 Å². The van der Waals surface area contributed by atoms with Crippen LogP contribution in [0.5, 0.6) is 5.75 Å². The number of rotatable bonds is 6. The molecular formula is C16H12BrClN2O4. The number of nitrogens with zero attached hydrogens (tertiary/aromatic N) is 1. The summed E-state index contributed by atoms with van der Waals surface area (Å²) in [5.41, 5.74) is 3.50. The summed E-state index contributed by atoms with van der Waals surface area (Å²) in [6, 6.07) is 11.6. The molecule has 0 saturated heterocycles. The first-order chi connectivity index (χ1) is 11.5. The van der Waals surface area contributed by atoms with Crippen LogP contribution in [0.3, 0.4) is 0 Å². The minimum Gasteiger partial charge on any atom is -0.480 e. The second kappa shape index (κ2) is 8.47. The maximum absolute atomic E-state index is 11.9. The fourth-order valence-corrected chi connectivity index (χ4v) is 2.36. The lowest BCUT2D eigenvalue weighted by Crippen LogP contribution is -2.17. The second-order valence-electron chi connectivity index (χ2n) is 4.58. The Morgan fingerprint density at radius 2 is 2.08 bits per heavy atom. The van der Waals surface area contributed by atoms with Crippen LogP contribution in [0.4, 0.5) is 0 Å². The third-order valence-corrected chi connectivity index (χ3v) is 3.56. The summed E-state index contributed by atoms with van der Waals surface area (Å²) in [5.74, 6) is -1.18. The van der Waals surface area contributed by atoms with Gasteiger partial charge in [0.15, 0.2) is 6.61 Å². The average molecular weight is 412 g/mol. The molecule has 6 nitrogen and oxygen atoms in total. The Balaban J connectivity index is 1.98. The van der Waals surface area contributed by atoms with Gasteiger partial charge in [-0.25, -0.2) is 10.2 Å². The van der Waals surface area contributed by atoms with E-state index in [1.165, 1.54) is 12.3 Å². The van der Waals surface area contributed by atoms with Crippen LogP contribution in [0, 0.1) is 0 Å². The first-order valence-electron chi connectivity index (χ1n) is 6.69. The van der Waals surface area contributed by atoms with E-state index in [2.05, 4.69) is 26.5 Å². The van der Waals surface area contributed by atoms with Crippen LogP contribution >= 0.6 is 27.5 Å². The lowest BCUT2D eigenvalue weighted by atomic mass is 10.2. The summed E-state index contributed by atoms with van der Waals surface area (Å²) < 4.78 is 5.81. The molecule has 1 amide bonds. The number of amides is 1. The highest BCUT2D eigenvalue weighted by Gasteiger charge is 2.06. The fraction of sp³-hybridized carbons (Fsp3) is 0.0625. The van der Waals surface area contributed by atoms with E-state index in [0.29, 0.717) is 11.1 Å². The molecule has 0 fully saturated rings. The zero-order chi connectivity index (χ0) is 17.5. The second-order valence-corrected chi connectivity index (χ2v) is 5.90. The van der Waals surface area contributed by atoms with Crippen LogP contribution in [-0.2, 0) is 4.79 Å². The van der Waals surface area contributed by atoms with E-state index in [9.17, 15) is 9.59 Å². The third kappa shape index (κ3) is 5.36. The van der Waals surface area contributed by atoms with Crippen molar-refractivity contribution in [2.45, 2.75) is 0 Å². The highest BCUT2D eigenvalue weighted by Crippen LogP contribution is 2.24. The number of benzene rings is 2. The summed E-state index contributed by atoms with van der Waals surface area (Å²) in [7, 11) is 0. The number of hydrogen-bond donors (Lipinski definition) is 2. The maximum atomic E-state index is 11.9. The van der Waals surface area contributed by atoms with Gasteiger partial charge in [0.2, 0.25) is 0 Å². The molecule has 0 aliphatic rings. The van der Waals surface area contributed by atoms with Gasteiger partial charge in [-0.2, -0.15) is 5.10 Å². The Morgan fingerprint density at radius 3 is 2.75 bits per heavy atom. The SMILES string of the molecule is O=C(O)COc1ccc(/C=N\NC(=O)c2cccc(Br)c2)cc1Cl. The quantitative estimate of drug-likeness (QED) is 0.564. The van der Waals surface area contributed by atoms with Crippen molar-refractivity contribution >= 4 is 45.6 Å². The Labute approximate surface area is 151 Å². The molecule has 124 valence electrons. The van der Waals surface area contributed by atoms with Crippen molar-refractivity contribution in [1.29, 1.82) is 0 Å². The number of hydrazone groups is 1. The number of hydrogen-bond acceptors (Lipinski definition) is 4. The first-order valence-corrected chi connectivity index (χ1v) is 7.86. The summed E-state index contributed by atoms with van der Waals surface area (Å²) in [5, 5.41) is 12.7. The molecule has 0 saturated carbocycles. The van der Waals surface area contributed by atoms with Gasteiger partial charge in [-0.15, -0.1) is 0 Å². The van der Waals surface area contributed by atoms with Gasteiger partial charge in [0.1, 0.15) is 5.75 Å². The number of ether oxygens (including phenoxy) is 1. The molecule has 0 aliphatic carbocycles. The Hall–Kier alpha value is -2.38. The third-order valence-electron chi connectivity index (χ3n) is 2.77. The average Bonchev–Trinajstić information content (AvgIpc) is 2.53. The number of carboxylic acids is 1. The zero-order valence-corrected chi connectivity index (χ0v) is 14.5. The molecule has 0 unspecified atom stereocenters. The molecule has 0 bridgehead atoms. The molecule has 0 aliphatic heterocycles. The van der Waals surface area contributed by atoms with Gasteiger partial charge in [-0.05, 0) is 42.0 Å².